The summed E-state index contributed by atoms with van der Waals surface area (Å²) in [5.41, 5.74) is 2.42. The van der Waals surface area contributed by atoms with Crippen LogP contribution in [0.5, 0.6) is 0 Å². The number of hydrogen-bond acceptors (Lipinski definition) is 3. The van der Waals surface area contributed by atoms with Crippen LogP contribution in [0.25, 0.3) is 0 Å². The first-order valence-corrected chi connectivity index (χ1v) is 8.70. The lowest BCUT2D eigenvalue weighted by molar-refractivity contribution is -0.121. The van der Waals surface area contributed by atoms with E-state index in [-0.39, 0.29) is 17.4 Å². The SMILES string of the molecule is CN(C)CCC(=O)NC(c1ccc(C(C)(C)C)cc1)c1nccn1C. The Hall–Kier alpha value is -2.14. The summed E-state index contributed by atoms with van der Waals surface area (Å²) in [4.78, 5) is 18.8. The number of carbonyl (C=O) groups excluding carboxylic acids is 1. The highest BCUT2D eigenvalue weighted by atomic mass is 16.1. The zero-order chi connectivity index (χ0) is 18.6. The Kier molecular flexibility index (Phi) is 6.01. The van der Waals surface area contributed by atoms with Gasteiger partial charge in [0.15, 0.2) is 0 Å². The molecule has 0 aliphatic rings. The number of nitrogens with one attached hydrogen (secondary N) is 1. The molecule has 5 heteroatoms. The molecule has 2 rings (SSSR count). The van der Waals surface area contributed by atoms with Gasteiger partial charge in [-0.1, -0.05) is 45.0 Å². The lowest BCUT2D eigenvalue weighted by Crippen LogP contribution is -2.33. The summed E-state index contributed by atoms with van der Waals surface area (Å²) in [6.07, 6.45) is 4.13. The molecule has 0 bridgehead atoms. The third-order valence-electron chi connectivity index (χ3n) is 4.32. The van der Waals surface area contributed by atoms with E-state index in [1.807, 2.05) is 36.8 Å². The first kappa shape index (κ1) is 19.2. The van der Waals surface area contributed by atoms with E-state index in [1.54, 1.807) is 6.20 Å². The zero-order valence-corrected chi connectivity index (χ0v) is 16.2. The van der Waals surface area contributed by atoms with Gasteiger partial charge in [0, 0.05) is 32.4 Å². The third kappa shape index (κ3) is 5.16. The Morgan fingerprint density at radius 3 is 2.36 bits per heavy atom. The molecule has 1 amide bonds. The number of imidazole rings is 1. The minimum Gasteiger partial charge on any atom is -0.342 e. The van der Waals surface area contributed by atoms with Crippen LogP contribution in [0, 0.1) is 0 Å². The molecule has 0 radical (unpaired) electrons. The summed E-state index contributed by atoms with van der Waals surface area (Å²) in [6, 6.07) is 8.20. The molecule has 0 saturated carbocycles. The third-order valence-corrected chi connectivity index (χ3v) is 4.32. The Morgan fingerprint density at radius 2 is 1.88 bits per heavy atom. The molecular weight excluding hydrogens is 312 g/mol. The molecule has 5 nitrogen and oxygen atoms in total. The first-order valence-electron chi connectivity index (χ1n) is 8.70. The van der Waals surface area contributed by atoms with Crippen molar-refractivity contribution in [2.24, 2.45) is 7.05 Å². The van der Waals surface area contributed by atoms with Gasteiger partial charge in [0.25, 0.3) is 0 Å². The zero-order valence-electron chi connectivity index (χ0n) is 16.2. The van der Waals surface area contributed by atoms with Crippen LogP contribution in [-0.4, -0.2) is 41.0 Å². The van der Waals surface area contributed by atoms with E-state index in [1.165, 1.54) is 5.56 Å². The van der Waals surface area contributed by atoms with Gasteiger partial charge < -0.3 is 14.8 Å². The van der Waals surface area contributed by atoms with Crippen molar-refractivity contribution in [2.45, 2.75) is 38.6 Å². The number of nitrogens with zero attached hydrogens (tertiary/aromatic N) is 3. The maximum Gasteiger partial charge on any atom is 0.222 e. The second-order valence-electron chi connectivity index (χ2n) is 7.82. The maximum absolute atomic E-state index is 12.4. The number of carbonyl (C=O) groups is 1. The maximum atomic E-state index is 12.4. The number of aryl methyl sites for hydroxylation is 1. The van der Waals surface area contributed by atoms with Crippen molar-refractivity contribution < 1.29 is 4.79 Å². The molecule has 25 heavy (non-hydrogen) atoms. The Morgan fingerprint density at radius 1 is 1.24 bits per heavy atom. The second-order valence-corrected chi connectivity index (χ2v) is 7.82. The van der Waals surface area contributed by atoms with Crippen molar-refractivity contribution >= 4 is 5.91 Å². The van der Waals surface area contributed by atoms with Gasteiger partial charge >= 0.3 is 0 Å². The average molecular weight is 342 g/mol. The summed E-state index contributed by atoms with van der Waals surface area (Å²) < 4.78 is 1.95. The molecule has 136 valence electrons. The Bertz CT molecular complexity index is 695. The first-order chi connectivity index (χ1) is 11.7. The minimum absolute atomic E-state index is 0.0293. The van der Waals surface area contributed by atoms with Crippen LogP contribution in [0.15, 0.2) is 36.7 Å². The van der Waals surface area contributed by atoms with Crippen LogP contribution in [0.4, 0.5) is 0 Å². The molecule has 1 aromatic carbocycles. The normalized spacial score (nSPS) is 13.1. The molecule has 2 aromatic rings. The number of amides is 1. The van der Waals surface area contributed by atoms with Crippen LogP contribution < -0.4 is 5.32 Å². The lowest BCUT2D eigenvalue weighted by atomic mass is 9.86. The van der Waals surface area contributed by atoms with Crippen molar-refractivity contribution in [3.05, 3.63) is 53.6 Å². The fourth-order valence-corrected chi connectivity index (χ4v) is 2.69. The van der Waals surface area contributed by atoms with Crippen LogP contribution in [0.2, 0.25) is 0 Å². The van der Waals surface area contributed by atoms with Crippen molar-refractivity contribution in [1.82, 2.24) is 19.8 Å². The fraction of sp³-hybridized carbons (Fsp3) is 0.500. The monoisotopic (exact) mass is 342 g/mol. The minimum atomic E-state index is -0.247. The van der Waals surface area contributed by atoms with Crippen molar-refractivity contribution in [3.8, 4) is 0 Å². The fourth-order valence-electron chi connectivity index (χ4n) is 2.69. The quantitative estimate of drug-likeness (QED) is 0.878. The smallest absolute Gasteiger partial charge is 0.222 e. The van der Waals surface area contributed by atoms with E-state index >= 15 is 0 Å². The molecule has 0 saturated heterocycles. The number of aromatic nitrogens is 2. The van der Waals surface area contributed by atoms with E-state index in [0.717, 1.165) is 17.9 Å². The predicted octanol–water partition coefficient (Wildman–Crippen LogP) is 2.87. The van der Waals surface area contributed by atoms with Gasteiger partial charge in [0.1, 0.15) is 11.9 Å². The van der Waals surface area contributed by atoms with Gasteiger partial charge in [0.2, 0.25) is 5.91 Å². The highest BCUT2D eigenvalue weighted by Crippen LogP contribution is 2.26. The summed E-state index contributed by atoms with van der Waals surface area (Å²) in [6.45, 7) is 7.31. The highest BCUT2D eigenvalue weighted by Gasteiger charge is 2.21. The molecular formula is C20H30N4O. The lowest BCUT2D eigenvalue weighted by Gasteiger charge is -2.22. The van der Waals surface area contributed by atoms with Crippen molar-refractivity contribution in [3.63, 3.8) is 0 Å². The topological polar surface area (TPSA) is 50.2 Å². The molecule has 0 aliphatic heterocycles. The average Bonchev–Trinajstić information content (AvgIpc) is 2.96. The largest absolute Gasteiger partial charge is 0.342 e. The van der Waals surface area contributed by atoms with Gasteiger partial charge in [-0.05, 0) is 30.6 Å². The van der Waals surface area contributed by atoms with Gasteiger partial charge in [-0.25, -0.2) is 4.98 Å². The van der Waals surface area contributed by atoms with Crippen LogP contribution in [0.1, 0.15) is 50.2 Å². The number of benzene rings is 1. The molecule has 0 fully saturated rings. The van der Waals surface area contributed by atoms with E-state index in [9.17, 15) is 4.79 Å². The van der Waals surface area contributed by atoms with E-state index in [2.05, 4.69) is 55.3 Å². The van der Waals surface area contributed by atoms with Crippen LogP contribution in [-0.2, 0) is 17.3 Å². The van der Waals surface area contributed by atoms with Crippen molar-refractivity contribution in [1.29, 1.82) is 0 Å². The highest BCUT2D eigenvalue weighted by molar-refractivity contribution is 5.77. The summed E-state index contributed by atoms with van der Waals surface area (Å²) in [5, 5.41) is 3.14. The van der Waals surface area contributed by atoms with Gasteiger partial charge in [-0.3, -0.25) is 4.79 Å². The van der Waals surface area contributed by atoms with E-state index < -0.39 is 0 Å². The molecule has 1 aromatic heterocycles. The molecule has 1 heterocycles. The van der Waals surface area contributed by atoms with Gasteiger partial charge in [-0.15, -0.1) is 0 Å². The van der Waals surface area contributed by atoms with Crippen LogP contribution in [0.3, 0.4) is 0 Å². The molecule has 0 aliphatic carbocycles. The predicted molar refractivity (Wildman–Crippen MR) is 102 cm³/mol. The summed E-state index contributed by atoms with van der Waals surface area (Å²) >= 11 is 0. The summed E-state index contributed by atoms with van der Waals surface area (Å²) in [7, 11) is 5.88. The summed E-state index contributed by atoms with van der Waals surface area (Å²) in [5.74, 6) is 0.864. The molecule has 1 atom stereocenters. The van der Waals surface area contributed by atoms with E-state index in [4.69, 9.17) is 0 Å². The second kappa shape index (κ2) is 7.83. The van der Waals surface area contributed by atoms with Gasteiger partial charge in [0.05, 0.1) is 0 Å². The van der Waals surface area contributed by atoms with Crippen LogP contribution >= 0.6 is 0 Å². The molecule has 1 N–H and O–H groups in total. The van der Waals surface area contributed by atoms with Crippen molar-refractivity contribution in [2.75, 3.05) is 20.6 Å². The Labute approximate surface area is 151 Å². The van der Waals surface area contributed by atoms with E-state index in [0.29, 0.717) is 6.42 Å². The molecule has 1 unspecified atom stereocenters. The standard InChI is InChI=1S/C20H30N4O/c1-20(2,3)16-9-7-15(8-10-16)18(19-21-12-14-24(19)6)22-17(25)11-13-23(4)5/h7-10,12,14,18H,11,13H2,1-6H3,(H,22,25). The Balaban J connectivity index is 2.26. The number of rotatable bonds is 6. The number of hydrogen-bond donors (Lipinski definition) is 1. The van der Waals surface area contributed by atoms with Gasteiger partial charge in [-0.2, -0.15) is 0 Å². The molecule has 0 spiro atoms.